The van der Waals surface area contributed by atoms with Crippen LogP contribution in [0.25, 0.3) is 0 Å². The first-order valence-electron chi connectivity index (χ1n) is 3.17. The van der Waals surface area contributed by atoms with E-state index in [9.17, 15) is 0 Å². The molecule has 1 aromatic carbocycles. The molecule has 0 spiro atoms. The Balaban J connectivity index is 0.000000561. The van der Waals surface area contributed by atoms with Crippen molar-refractivity contribution in [3.8, 4) is 5.75 Å². The summed E-state index contributed by atoms with van der Waals surface area (Å²) in [6.45, 7) is 0. The minimum Gasteiger partial charge on any atom is -0.497 e. The molecule has 0 heterocycles. The van der Waals surface area contributed by atoms with Gasteiger partial charge in [-0.05, 0) is 25.2 Å². The fourth-order valence-corrected chi connectivity index (χ4v) is 1.43. The molecular weight excluding hydrogens is 226 g/mol. The summed E-state index contributed by atoms with van der Waals surface area (Å²) in [4.78, 5) is 0. The Labute approximate surface area is 88.0 Å². The van der Waals surface area contributed by atoms with E-state index in [0.29, 0.717) is 7.78 Å². The van der Waals surface area contributed by atoms with E-state index in [1.807, 2.05) is 24.3 Å². The van der Waals surface area contributed by atoms with Crippen molar-refractivity contribution in [1.82, 2.24) is 0 Å². The average molecular weight is 238 g/mol. The second-order valence-corrected chi connectivity index (χ2v) is 3.31. The number of hydrogen-bond donors (Lipinski definition) is 2. The molecule has 1 rings (SSSR count). The van der Waals surface area contributed by atoms with Crippen LogP contribution in [0.1, 0.15) is 0 Å². The zero-order valence-electron chi connectivity index (χ0n) is 6.69. The van der Waals surface area contributed by atoms with Crippen LogP contribution in [-0.4, -0.2) is 7.11 Å². The SMILES string of the molecule is COc1ccc(PS)cc1.PS. The third-order valence-electron chi connectivity index (χ3n) is 1.22. The molecule has 12 heavy (non-hydrogen) atoms. The number of thiol groups is 2. The summed E-state index contributed by atoms with van der Waals surface area (Å²) in [5.74, 6) is 0.898. The van der Waals surface area contributed by atoms with Gasteiger partial charge < -0.3 is 4.74 Å². The first-order valence-corrected chi connectivity index (χ1v) is 7.52. The Hall–Kier alpha value is 0.580. The molecule has 1 aromatic rings. The summed E-state index contributed by atoms with van der Waals surface area (Å²) in [6, 6.07) is 7.92. The predicted molar refractivity (Wildman–Crippen MR) is 68.6 cm³/mol. The van der Waals surface area contributed by atoms with Crippen LogP contribution in [0.5, 0.6) is 5.75 Å². The van der Waals surface area contributed by atoms with E-state index in [1.165, 1.54) is 5.30 Å². The van der Waals surface area contributed by atoms with Crippen LogP contribution >= 0.6 is 40.7 Å². The van der Waals surface area contributed by atoms with Gasteiger partial charge in [0, 0.05) is 0 Å². The molecule has 68 valence electrons. The molecule has 1 nitrogen and oxygen atoms in total. The lowest BCUT2D eigenvalue weighted by Crippen LogP contribution is -1.90. The van der Waals surface area contributed by atoms with Gasteiger partial charge in [-0.3, -0.25) is 0 Å². The molecule has 0 aliphatic carbocycles. The molecule has 0 aliphatic heterocycles. The molecule has 0 aromatic heterocycles. The fourth-order valence-electron chi connectivity index (χ4n) is 0.666. The van der Waals surface area contributed by atoms with Crippen molar-refractivity contribution in [2.24, 2.45) is 0 Å². The van der Waals surface area contributed by atoms with Gasteiger partial charge in [-0.2, -0.15) is 12.2 Å². The maximum absolute atomic E-state index is 4.99. The molecule has 2 unspecified atom stereocenters. The number of hydrogen-bond acceptors (Lipinski definition) is 3. The van der Waals surface area contributed by atoms with Gasteiger partial charge in [0.2, 0.25) is 0 Å². The minimum absolute atomic E-state index is 0.567. The molecule has 0 N–H and O–H groups in total. The maximum atomic E-state index is 4.99. The Morgan fingerprint density at radius 2 is 1.75 bits per heavy atom. The summed E-state index contributed by atoms with van der Waals surface area (Å²) in [7, 11) is 4.34. The first-order chi connectivity index (χ1) is 5.86. The highest BCUT2D eigenvalue weighted by Gasteiger charge is 1.89. The number of methoxy groups -OCH3 is 1. The molecule has 0 aliphatic rings. The molecule has 0 saturated carbocycles. The summed E-state index contributed by atoms with van der Waals surface area (Å²) >= 11 is 7.61. The fraction of sp³-hybridized carbons (Fsp3) is 0.143. The van der Waals surface area contributed by atoms with Crippen molar-refractivity contribution in [3.63, 3.8) is 0 Å². The average Bonchev–Trinajstić information content (AvgIpc) is 2.21. The van der Waals surface area contributed by atoms with Crippen LogP contribution < -0.4 is 10.0 Å². The molecule has 0 radical (unpaired) electrons. The molecule has 0 saturated heterocycles. The number of rotatable bonds is 2. The van der Waals surface area contributed by atoms with Gasteiger partial charge in [0.1, 0.15) is 5.75 Å². The Kier molecular flexibility index (Phi) is 8.59. The van der Waals surface area contributed by atoms with Gasteiger partial charge >= 0.3 is 0 Å². The van der Waals surface area contributed by atoms with Crippen molar-refractivity contribution >= 4 is 46.0 Å². The van der Waals surface area contributed by atoms with Gasteiger partial charge in [0.05, 0.1) is 7.11 Å². The summed E-state index contributed by atoms with van der Waals surface area (Å²) in [5.41, 5.74) is 0. The van der Waals surface area contributed by atoms with E-state index >= 15 is 0 Å². The third kappa shape index (κ3) is 4.57. The van der Waals surface area contributed by atoms with Crippen molar-refractivity contribution in [1.29, 1.82) is 0 Å². The van der Waals surface area contributed by atoms with Crippen LogP contribution in [0.3, 0.4) is 0 Å². The lowest BCUT2D eigenvalue weighted by atomic mass is 10.3. The normalized spacial score (nSPS) is 9.33. The number of ether oxygens (including phenoxy) is 1. The first kappa shape index (κ1) is 12.6. The summed E-state index contributed by atoms with van der Waals surface area (Å²) < 4.78 is 4.99. The van der Waals surface area contributed by atoms with Gasteiger partial charge in [0.15, 0.2) is 0 Å². The largest absolute Gasteiger partial charge is 0.497 e. The highest BCUT2D eigenvalue weighted by atomic mass is 32.7. The van der Waals surface area contributed by atoms with Gasteiger partial charge in [0.25, 0.3) is 0 Å². The van der Waals surface area contributed by atoms with Gasteiger partial charge in [-0.1, -0.05) is 20.6 Å². The zero-order valence-corrected chi connectivity index (χ0v) is 10.6. The second-order valence-electron chi connectivity index (χ2n) is 1.84. The summed E-state index contributed by atoms with van der Waals surface area (Å²) in [5, 5.41) is 1.24. The van der Waals surface area contributed by atoms with Crippen LogP contribution in [0.2, 0.25) is 0 Å². The smallest absolute Gasteiger partial charge is 0.118 e. The van der Waals surface area contributed by atoms with E-state index in [-0.39, 0.29) is 0 Å². The van der Waals surface area contributed by atoms with Gasteiger partial charge in [-0.15, -0.1) is 12.2 Å². The lowest BCUT2D eigenvalue weighted by Gasteiger charge is -1.98. The molecular formula is C7H12OP2S2. The summed E-state index contributed by atoms with van der Waals surface area (Å²) in [6.07, 6.45) is 0. The van der Waals surface area contributed by atoms with Crippen LogP contribution in [0.15, 0.2) is 24.3 Å². The van der Waals surface area contributed by atoms with E-state index in [1.54, 1.807) is 7.11 Å². The van der Waals surface area contributed by atoms with Crippen LogP contribution in [0.4, 0.5) is 0 Å². The Morgan fingerprint density at radius 1 is 1.25 bits per heavy atom. The van der Waals surface area contributed by atoms with E-state index < -0.39 is 0 Å². The topological polar surface area (TPSA) is 9.23 Å². The molecule has 0 bridgehead atoms. The van der Waals surface area contributed by atoms with Crippen molar-refractivity contribution < 1.29 is 4.74 Å². The van der Waals surface area contributed by atoms with E-state index in [0.717, 1.165) is 5.75 Å². The highest BCUT2D eigenvalue weighted by Crippen LogP contribution is 2.16. The quantitative estimate of drug-likeness (QED) is 0.594. The standard InChI is InChI=1S/C7H9OPS.H3PS/c1-8-6-2-4-7(9-10)5-3-6;1-2/h2-5,9-10H,1H3;2H,1H2. The maximum Gasteiger partial charge on any atom is 0.118 e. The molecule has 0 fully saturated rings. The molecule has 5 heteroatoms. The van der Waals surface area contributed by atoms with Gasteiger partial charge in [-0.25, -0.2) is 0 Å². The van der Waals surface area contributed by atoms with E-state index in [2.05, 4.69) is 32.9 Å². The Bertz CT molecular complexity index is 180. The number of benzene rings is 1. The zero-order chi connectivity index (χ0) is 9.40. The Morgan fingerprint density at radius 3 is 2.08 bits per heavy atom. The molecule has 0 amide bonds. The second kappa shape index (κ2) is 8.19. The van der Waals surface area contributed by atoms with Crippen molar-refractivity contribution in [2.45, 2.75) is 0 Å². The predicted octanol–water partition coefficient (Wildman–Crippen LogP) is 2.55. The minimum atomic E-state index is 0.567. The lowest BCUT2D eigenvalue weighted by molar-refractivity contribution is 0.415. The van der Waals surface area contributed by atoms with E-state index in [4.69, 9.17) is 4.74 Å². The molecule has 2 atom stereocenters. The highest BCUT2D eigenvalue weighted by molar-refractivity contribution is 8.40. The van der Waals surface area contributed by atoms with Crippen LogP contribution in [-0.2, 0) is 0 Å². The van der Waals surface area contributed by atoms with Crippen LogP contribution in [0, 0.1) is 0 Å². The van der Waals surface area contributed by atoms with Crippen molar-refractivity contribution in [2.75, 3.05) is 7.11 Å². The third-order valence-corrected chi connectivity index (χ3v) is 2.59. The van der Waals surface area contributed by atoms with Crippen molar-refractivity contribution in [3.05, 3.63) is 24.3 Å². The monoisotopic (exact) mass is 238 g/mol.